The highest BCUT2D eigenvalue weighted by Gasteiger charge is 2.36. The zero-order valence-electron chi connectivity index (χ0n) is 17.3. The molecule has 0 radical (unpaired) electrons. The van der Waals surface area contributed by atoms with Crippen LogP contribution in [-0.4, -0.2) is 25.1 Å². The maximum absolute atomic E-state index is 13.0. The van der Waals surface area contributed by atoms with Gasteiger partial charge in [0.25, 0.3) is 0 Å². The molecule has 0 bridgehead atoms. The molecular formula is C25H25NO4. The lowest BCUT2D eigenvalue weighted by molar-refractivity contribution is -0.152. The molecule has 3 atom stereocenters. The molecule has 0 heterocycles. The summed E-state index contributed by atoms with van der Waals surface area (Å²) in [6, 6.07) is 19.4. The van der Waals surface area contributed by atoms with Gasteiger partial charge in [0.2, 0.25) is 5.91 Å². The van der Waals surface area contributed by atoms with Crippen molar-refractivity contribution in [2.45, 2.75) is 38.3 Å². The Bertz CT molecular complexity index is 1110. The number of ether oxygens (including phenoxy) is 2. The number of fused-ring (bicyclic) bond motifs is 2. The Morgan fingerprint density at radius 2 is 1.77 bits per heavy atom. The number of methoxy groups -OCH3 is 1. The SMILES string of the molecule is COc1ccc2cc([C@H](C)C(=O)O[C@H]3Cc4ccccc4[C@H]3NC(C)=O)ccc2c1. The van der Waals surface area contributed by atoms with Crippen molar-refractivity contribution >= 4 is 22.6 Å². The summed E-state index contributed by atoms with van der Waals surface area (Å²) in [5.74, 6) is -0.0579. The van der Waals surface area contributed by atoms with Gasteiger partial charge in [0.1, 0.15) is 11.9 Å². The van der Waals surface area contributed by atoms with Gasteiger partial charge in [-0.2, -0.15) is 0 Å². The van der Waals surface area contributed by atoms with Gasteiger partial charge in [-0.25, -0.2) is 0 Å². The lowest BCUT2D eigenvalue weighted by Gasteiger charge is -2.23. The van der Waals surface area contributed by atoms with Crippen LogP contribution in [0.5, 0.6) is 5.75 Å². The number of esters is 1. The summed E-state index contributed by atoms with van der Waals surface area (Å²) in [6.07, 6.45) is 0.183. The van der Waals surface area contributed by atoms with Crippen molar-refractivity contribution in [1.29, 1.82) is 0 Å². The Morgan fingerprint density at radius 3 is 2.53 bits per heavy atom. The van der Waals surface area contributed by atoms with Gasteiger partial charge >= 0.3 is 5.97 Å². The summed E-state index contributed by atoms with van der Waals surface area (Å²) in [7, 11) is 1.64. The number of carbonyl (C=O) groups excluding carboxylic acids is 2. The highest BCUT2D eigenvalue weighted by molar-refractivity contribution is 5.87. The van der Waals surface area contributed by atoms with Crippen LogP contribution in [0.25, 0.3) is 10.8 Å². The van der Waals surface area contributed by atoms with Crippen LogP contribution >= 0.6 is 0 Å². The third-order valence-electron chi connectivity index (χ3n) is 5.73. The molecule has 0 spiro atoms. The first-order chi connectivity index (χ1) is 14.5. The minimum atomic E-state index is -0.418. The third kappa shape index (κ3) is 3.88. The van der Waals surface area contributed by atoms with Gasteiger partial charge in [-0.15, -0.1) is 0 Å². The first kappa shape index (κ1) is 20.0. The molecule has 0 unspecified atom stereocenters. The molecule has 1 aliphatic rings. The van der Waals surface area contributed by atoms with E-state index in [0.717, 1.165) is 33.2 Å². The van der Waals surface area contributed by atoms with E-state index in [2.05, 4.69) is 5.32 Å². The molecule has 4 rings (SSSR count). The summed E-state index contributed by atoms with van der Waals surface area (Å²) in [6.45, 7) is 3.33. The van der Waals surface area contributed by atoms with E-state index < -0.39 is 12.0 Å². The van der Waals surface area contributed by atoms with Gasteiger partial charge in [0.05, 0.1) is 19.1 Å². The molecule has 0 saturated carbocycles. The number of nitrogens with one attached hydrogen (secondary N) is 1. The summed E-state index contributed by atoms with van der Waals surface area (Å²) in [4.78, 5) is 24.7. The fourth-order valence-corrected chi connectivity index (χ4v) is 4.08. The van der Waals surface area contributed by atoms with Crippen molar-refractivity contribution in [3.8, 4) is 5.75 Å². The molecule has 0 saturated heterocycles. The van der Waals surface area contributed by atoms with Crippen molar-refractivity contribution in [2.75, 3.05) is 7.11 Å². The van der Waals surface area contributed by atoms with Gasteiger partial charge in [-0.1, -0.05) is 48.5 Å². The van der Waals surface area contributed by atoms with Crippen molar-refractivity contribution in [1.82, 2.24) is 5.32 Å². The number of amides is 1. The maximum atomic E-state index is 13.0. The summed E-state index contributed by atoms with van der Waals surface area (Å²) >= 11 is 0. The Hall–Kier alpha value is -3.34. The van der Waals surface area contributed by atoms with Crippen LogP contribution in [0.1, 0.15) is 42.5 Å². The Labute approximate surface area is 176 Å². The highest BCUT2D eigenvalue weighted by Crippen LogP contribution is 2.34. The molecule has 1 aliphatic carbocycles. The molecule has 5 heteroatoms. The molecule has 0 aliphatic heterocycles. The number of hydrogen-bond acceptors (Lipinski definition) is 4. The van der Waals surface area contributed by atoms with E-state index >= 15 is 0 Å². The second kappa shape index (κ2) is 8.19. The highest BCUT2D eigenvalue weighted by atomic mass is 16.5. The van der Waals surface area contributed by atoms with E-state index in [9.17, 15) is 9.59 Å². The number of carbonyl (C=O) groups is 2. The molecule has 3 aromatic rings. The summed E-state index contributed by atoms with van der Waals surface area (Å²) in [5, 5.41) is 5.03. The Balaban J connectivity index is 1.53. The topological polar surface area (TPSA) is 64.6 Å². The first-order valence-electron chi connectivity index (χ1n) is 10.1. The van der Waals surface area contributed by atoms with Crippen molar-refractivity contribution in [3.05, 3.63) is 77.4 Å². The van der Waals surface area contributed by atoms with Crippen LogP contribution in [0, 0.1) is 0 Å². The summed E-state index contributed by atoms with van der Waals surface area (Å²) in [5.41, 5.74) is 3.00. The number of benzene rings is 3. The van der Waals surface area contributed by atoms with Gasteiger partial charge in [-0.3, -0.25) is 9.59 Å². The second-order valence-corrected chi connectivity index (χ2v) is 7.75. The van der Waals surface area contributed by atoms with Crippen LogP contribution in [-0.2, 0) is 20.7 Å². The van der Waals surface area contributed by atoms with E-state index in [1.807, 2.05) is 67.6 Å². The zero-order valence-corrected chi connectivity index (χ0v) is 17.3. The molecule has 5 nitrogen and oxygen atoms in total. The third-order valence-corrected chi connectivity index (χ3v) is 5.73. The van der Waals surface area contributed by atoms with Crippen molar-refractivity contribution in [2.24, 2.45) is 0 Å². The second-order valence-electron chi connectivity index (χ2n) is 7.75. The van der Waals surface area contributed by atoms with E-state index in [-0.39, 0.29) is 17.9 Å². The molecule has 154 valence electrons. The van der Waals surface area contributed by atoms with Crippen LogP contribution in [0.3, 0.4) is 0 Å². The molecule has 0 fully saturated rings. The molecule has 1 amide bonds. The molecule has 1 N–H and O–H groups in total. The average Bonchev–Trinajstić information content (AvgIpc) is 3.08. The molecule has 0 aromatic heterocycles. The van der Waals surface area contributed by atoms with Gasteiger partial charge in [0.15, 0.2) is 0 Å². The fraction of sp³-hybridized carbons (Fsp3) is 0.280. The Kier molecular flexibility index (Phi) is 5.44. The largest absolute Gasteiger partial charge is 0.497 e. The minimum Gasteiger partial charge on any atom is -0.497 e. The molecule has 3 aromatic carbocycles. The van der Waals surface area contributed by atoms with Crippen LogP contribution in [0.2, 0.25) is 0 Å². The first-order valence-corrected chi connectivity index (χ1v) is 10.1. The molecule has 30 heavy (non-hydrogen) atoms. The fourth-order valence-electron chi connectivity index (χ4n) is 4.08. The number of hydrogen-bond donors (Lipinski definition) is 1. The van der Waals surface area contributed by atoms with E-state index in [4.69, 9.17) is 9.47 Å². The van der Waals surface area contributed by atoms with Gasteiger partial charge in [-0.05, 0) is 46.5 Å². The predicted octanol–water partition coefficient (Wildman–Crippen LogP) is 4.30. The average molecular weight is 403 g/mol. The lowest BCUT2D eigenvalue weighted by atomic mass is 9.97. The molecular weight excluding hydrogens is 378 g/mol. The van der Waals surface area contributed by atoms with E-state index in [1.165, 1.54) is 6.92 Å². The minimum absolute atomic E-state index is 0.143. The smallest absolute Gasteiger partial charge is 0.313 e. The normalized spacial score (nSPS) is 18.5. The maximum Gasteiger partial charge on any atom is 0.313 e. The van der Waals surface area contributed by atoms with Crippen LogP contribution < -0.4 is 10.1 Å². The van der Waals surface area contributed by atoms with Crippen molar-refractivity contribution in [3.63, 3.8) is 0 Å². The zero-order chi connectivity index (χ0) is 21.3. The number of rotatable bonds is 5. The van der Waals surface area contributed by atoms with Crippen LogP contribution in [0.4, 0.5) is 0 Å². The van der Waals surface area contributed by atoms with E-state index in [1.54, 1.807) is 7.11 Å². The van der Waals surface area contributed by atoms with Gasteiger partial charge in [0, 0.05) is 13.3 Å². The van der Waals surface area contributed by atoms with Crippen molar-refractivity contribution < 1.29 is 19.1 Å². The standard InChI is InChI=1S/C25H25NO4/c1-15(17-8-9-19-13-21(29-3)11-10-18(19)12-17)25(28)30-23-14-20-6-4-5-7-22(20)24(23)26-16(2)27/h4-13,15,23-24H,14H2,1-3H3,(H,26,27)/t15-,23-,24+/m0/s1. The monoisotopic (exact) mass is 403 g/mol. The van der Waals surface area contributed by atoms with Gasteiger partial charge < -0.3 is 14.8 Å². The lowest BCUT2D eigenvalue weighted by Crippen LogP contribution is -2.35. The van der Waals surface area contributed by atoms with Crippen LogP contribution in [0.15, 0.2) is 60.7 Å². The summed E-state index contributed by atoms with van der Waals surface area (Å²) < 4.78 is 11.2. The van der Waals surface area contributed by atoms with E-state index in [0.29, 0.717) is 6.42 Å². The Morgan fingerprint density at radius 1 is 1.03 bits per heavy atom. The quantitative estimate of drug-likeness (QED) is 0.645. The predicted molar refractivity (Wildman–Crippen MR) is 115 cm³/mol.